The summed E-state index contributed by atoms with van der Waals surface area (Å²) in [4.78, 5) is 50.3. The molecule has 0 radical (unpaired) electrons. The van der Waals surface area contributed by atoms with Crippen LogP contribution in [-0.4, -0.2) is 105 Å². The Hall–Kier alpha value is -5.32. The Balaban J connectivity index is 1.24. The number of ketones is 2. The first-order valence-electron chi connectivity index (χ1n) is 24.1. The molecule has 3 aliphatic heterocycles. The number of carbonyl (C=O) groups excluding carboxylic acids is 3. The molecule has 67 heavy (non-hydrogen) atoms. The predicted octanol–water partition coefficient (Wildman–Crippen LogP) is 4.20. The molecule has 0 saturated carbocycles. The molecule has 3 heterocycles. The highest BCUT2D eigenvalue weighted by molar-refractivity contribution is 6.33. The smallest absolute Gasteiger partial charge is 0.350 e. The van der Waals surface area contributed by atoms with E-state index in [0.29, 0.717) is 63.3 Å². The number of hydrogen-bond donors (Lipinski definition) is 9. The molecule has 0 spiro atoms. The number of allylic oxidation sites excluding steroid dienone is 5. The van der Waals surface area contributed by atoms with E-state index in [-0.39, 0.29) is 59.7 Å². The molecule has 362 valence electrons. The first-order valence-corrected chi connectivity index (χ1v) is 24.1. The van der Waals surface area contributed by atoms with Crippen LogP contribution in [0.5, 0.6) is 0 Å². The van der Waals surface area contributed by atoms with Gasteiger partial charge in [-0.05, 0) is 118 Å². The van der Waals surface area contributed by atoms with Gasteiger partial charge in [-0.15, -0.1) is 0 Å². The molecule has 1 aromatic carbocycles. The van der Waals surface area contributed by atoms with Crippen molar-refractivity contribution in [2.24, 2.45) is 33.7 Å². The zero-order valence-corrected chi connectivity index (χ0v) is 40.2. The number of fused-ring (bicyclic) bond motifs is 3. The third-order valence-electron chi connectivity index (χ3n) is 14.1. The second-order valence-electron chi connectivity index (χ2n) is 19.6. The predicted molar refractivity (Wildman–Crippen MR) is 262 cm³/mol. The summed E-state index contributed by atoms with van der Waals surface area (Å²) in [5, 5.41) is 30.0. The van der Waals surface area contributed by atoms with Gasteiger partial charge in [-0.1, -0.05) is 81.0 Å². The molecule has 1 fully saturated rings. The van der Waals surface area contributed by atoms with Crippen molar-refractivity contribution in [2.45, 2.75) is 121 Å². The number of rotatable bonds is 21. The number of nitrogens with one attached hydrogen (secondary N) is 6. The number of nitrogens with two attached hydrogens (primary N) is 2. The van der Waals surface area contributed by atoms with Gasteiger partial charge in [-0.2, -0.15) is 0 Å². The van der Waals surface area contributed by atoms with Gasteiger partial charge in [-0.3, -0.25) is 14.6 Å². The fourth-order valence-corrected chi connectivity index (χ4v) is 10.7. The molecule has 1 unspecified atom stereocenters. The highest BCUT2D eigenvalue weighted by atomic mass is 16.7. The van der Waals surface area contributed by atoms with Gasteiger partial charge in [0.1, 0.15) is 11.9 Å². The third kappa shape index (κ3) is 10.7. The van der Waals surface area contributed by atoms with Crippen molar-refractivity contribution < 1.29 is 29.0 Å². The van der Waals surface area contributed by atoms with Crippen LogP contribution in [0.15, 0.2) is 106 Å². The highest BCUT2D eigenvalue weighted by Crippen LogP contribution is 2.59. The number of Topliss-reactive ketones (excluding diaryl/α,β-unsaturated/α-hetero) is 2. The summed E-state index contributed by atoms with van der Waals surface area (Å²) in [6, 6.07) is 4.98. The van der Waals surface area contributed by atoms with Crippen LogP contribution >= 0.6 is 0 Å². The van der Waals surface area contributed by atoms with Crippen LogP contribution in [0.25, 0.3) is 0 Å². The van der Waals surface area contributed by atoms with Crippen LogP contribution in [0.4, 0.5) is 0 Å². The first kappa shape index (κ1) is 49.6. The van der Waals surface area contributed by atoms with Crippen molar-refractivity contribution in [3.8, 4) is 0 Å². The molecular weight excluding hydrogens is 847 g/mol. The third-order valence-corrected chi connectivity index (χ3v) is 14.1. The van der Waals surface area contributed by atoms with Crippen LogP contribution in [-0.2, 0) is 20.7 Å². The molecular formula is C52H73N9O6. The summed E-state index contributed by atoms with van der Waals surface area (Å²) >= 11 is 0. The fourth-order valence-electron chi connectivity index (χ4n) is 10.7. The molecule has 1 aromatic rings. The largest absolute Gasteiger partial charge is 0.459 e. The Labute approximate surface area is 396 Å². The lowest BCUT2D eigenvalue weighted by Crippen LogP contribution is -2.53. The van der Waals surface area contributed by atoms with E-state index in [4.69, 9.17) is 20.9 Å². The van der Waals surface area contributed by atoms with Gasteiger partial charge in [0.25, 0.3) is 5.60 Å². The Morgan fingerprint density at radius 1 is 1.19 bits per heavy atom. The monoisotopic (exact) mass is 920 g/mol. The van der Waals surface area contributed by atoms with E-state index < -0.39 is 34.8 Å². The SMILES string of the molecule is CCN[C@@H]1C=C2C=CCC[C@H]2C[C@H]1[C@H](CCCO)OC(=O)[C@]12O[C@@]1(C/C=C(\C)C[C@@H](NC(N)=NC)C1=CCNC(NCNC)=C1)C(=O)c1cccc(CC(C)(C)CC3=CNC(N)C=C3)c1C2=O. The van der Waals surface area contributed by atoms with Crippen molar-refractivity contribution in [3.05, 3.63) is 118 Å². The Morgan fingerprint density at radius 3 is 2.75 bits per heavy atom. The zero-order valence-electron chi connectivity index (χ0n) is 40.2. The van der Waals surface area contributed by atoms with Crippen LogP contribution in [0, 0.1) is 17.3 Å². The van der Waals surface area contributed by atoms with E-state index in [1.165, 1.54) is 5.57 Å². The number of ether oxygens (including phenoxy) is 2. The second kappa shape index (κ2) is 21.3. The van der Waals surface area contributed by atoms with Crippen LogP contribution in [0.3, 0.4) is 0 Å². The van der Waals surface area contributed by atoms with E-state index >= 15 is 14.4 Å². The van der Waals surface area contributed by atoms with E-state index in [1.807, 2.05) is 56.6 Å². The number of aliphatic imine (C=N–C) groups is 1. The zero-order chi connectivity index (χ0) is 47.9. The van der Waals surface area contributed by atoms with E-state index in [9.17, 15) is 5.11 Å². The fraction of sp³-hybridized carbons (Fsp3) is 0.538. The lowest BCUT2D eigenvalue weighted by Gasteiger charge is -2.40. The summed E-state index contributed by atoms with van der Waals surface area (Å²) in [6.45, 7) is 10.0. The van der Waals surface area contributed by atoms with Crippen molar-refractivity contribution >= 4 is 23.5 Å². The number of aliphatic hydroxyl groups is 1. The van der Waals surface area contributed by atoms with Crippen molar-refractivity contribution in [3.63, 3.8) is 0 Å². The lowest BCUT2D eigenvalue weighted by molar-refractivity contribution is -0.158. The quantitative estimate of drug-likeness (QED) is 0.0160. The second-order valence-corrected chi connectivity index (χ2v) is 19.6. The first-order chi connectivity index (χ1) is 32.2. The number of benzene rings is 1. The van der Waals surface area contributed by atoms with Crippen LogP contribution in [0.1, 0.15) is 105 Å². The van der Waals surface area contributed by atoms with E-state index in [1.54, 1.807) is 13.1 Å². The number of epoxide rings is 1. The van der Waals surface area contributed by atoms with Gasteiger partial charge in [-0.25, -0.2) is 4.79 Å². The molecule has 3 aliphatic carbocycles. The molecule has 15 heteroatoms. The number of dihydropyridines is 2. The summed E-state index contributed by atoms with van der Waals surface area (Å²) in [5.41, 5.74) is 13.2. The Bertz CT molecular complexity index is 2290. The molecule has 0 bridgehead atoms. The minimum atomic E-state index is -2.21. The van der Waals surface area contributed by atoms with Crippen molar-refractivity contribution in [1.82, 2.24) is 31.9 Å². The van der Waals surface area contributed by atoms with Crippen LogP contribution < -0.4 is 43.4 Å². The van der Waals surface area contributed by atoms with Crippen molar-refractivity contribution in [1.29, 1.82) is 0 Å². The van der Waals surface area contributed by atoms with Gasteiger partial charge >= 0.3 is 5.97 Å². The summed E-state index contributed by atoms with van der Waals surface area (Å²) in [5.74, 6) is -0.539. The van der Waals surface area contributed by atoms with Gasteiger partial charge in [0.2, 0.25) is 5.78 Å². The van der Waals surface area contributed by atoms with Crippen LogP contribution in [0.2, 0.25) is 0 Å². The van der Waals surface area contributed by atoms with Gasteiger partial charge < -0.3 is 57.9 Å². The Kier molecular flexibility index (Phi) is 15.8. The van der Waals surface area contributed by atoms with Crippen molar-refractivity contribution in [2.75, 3.05) is 40.5 Å². The standard InChI is InChI=1S/C52H73N9O6/c1-7-57-41-26-35-13-9-8-12-34(35)25-39(41)42(16-11-23-62)66-48(65)52-47(64)45-37(29-50(3,4)28-33-17-18-43(53)59-30-33)14-10-15-38(45)46(63)51(52,67-52)21-19-32(2)24-40(61-49(54)56-6)36-20-22-58-44(27-36)60-31-55-5/h9-10,13-15,17-20,26-27,30,34,39-43,55,57-60,62H,7-8,11-12,16,21-25,28-29,31,53H2,1-6H3,(H3,54,56,61)/b32-19+/t34-,39+,40+,41+,42-,43?,51-,52-/m0/s1. The molecule has 0 amide bonds. The maximum absolute atomic E-state index is 15.5. The van der Waals surface area contributed by atoms with Gasteiger partial charge in [0.15, 0.2) is 17.3 Å². The molecule has 15 nitrogen and oxygen atoms in total. The maximum Gasteiger partial charge on any atom is 0.350 e. The molecule has 0 aromatic heterocycles. The molecule has 1 saturated heterocycles. The minimum Gasteiger partial charge on any atom is -0.459 e. The maximum atomic E-state index is 15.5. The molecule has 11 N–H and O–H groups in total. The molecule has 8 atom stereocenters. The highest BCUT2D eigenvalue weighted by Gasteiger charge is 2.85. The summed E-state index contributed by atoms with van der Waals surface area (Å²) in [6.07, 6.45) is 22.7. The lowest BCUT2D eigenvalue weighted by atomic mass is 9.69. The topological polar surface area (TPSA) is 230 Å². The molecule has 6 aliphatic rings. The number of esters is 1. The number of guanidine groups is 1. The summed E-state index contributed by atoms with van der Waals surface area (Å²) < 4.78 is 13.2. The number of hydrogen-bond acceptors (Lipinski definition) is 13. The number of nitrogens with zero attached hydrogens (tertiary/aromatic N) is 1. The summed E-state index contributed by atoms with van der Waals surface area (Å²) in [7, 11) is 3.49. The minimum absolute atomic E-state index is 0.0377. The van der Waals surface area contributed by atoms with E-state index in [0.717, 1.165) is 41.8 Å². The van der Waals surface area contributed by atoms with Gasteiger partial charge in [0.05, 0.1) is 18.9 Å². The number of carbonyl (C=O) groups is 3. The number of likely N-dealkylation sites (N-methyl/N-ethyl adjacent to an activating group) is 1. The van der Waals surface area contributed by atoms with Gasteiger partial charge in [0, 0.05) is 55.9 Å². The normalized spacial score (nSPS) is 27.7. The van der Waals surface area contributed by atoms with E-state index in [2.05, 4.69) is 82.0 Å². The molecule has 7 rings (SSSR count). The number of aliphatic hydroxyl groups excluding tert-OH is 1. The average molecular weight is 920 g/mol. The Morgan fingerprint density at radius 2 is 2.01 bits per heavy atom. The average Bonchev–Trinajstić information content (AvgIpc) is 4.03.